The second-order valence-electron chi connectivity index (χ2n) is 9.85. The molecule has 0 unspecified atom stereocenters. The summed E-state index contributed by atoms with van der Waals surface area (Å²) in [5.74, 6) is -1.11. The molecule has 4 heteroatoms. The highest BCUT2D eigenvalue weighted by atomic mass is 19.3. The highest BCUT2D eigenvalue weighted by molar-refractivity contribution is 5.64. The van der Waals surface area contributed by atoms with E-state index in [4.69, 9.17) is 9.47 Å². The molecule has 0 amide bonds. The Bertz CT molecular complexity index is 833. The van der Waals surface area contributed by atoms with E-state index in [0.717, 1.165) is 43.1 Å². The Labute approximate surface area is 197 Å². The SMILES string of the molecule is CCC(F)(F)CCc1ccc(-c2ccc(C3CCC(CCC4OCCCO4)CC3)cc2)cc1. The van der Waals surface area contributed by atoms with Crippen molar-refractivity contribution in [2.75, 3.05) is 13.2 Å². The lowest BCUT2D eigenvalue weighted by Gasteiger charge is -2.30. The molecule has 2 nitrogen and oxygen atoms in total. The Morgan fingerprint density at radius 3 is 2.03 bits per heavy atom. The van der Waals surface area contributed by atoms with Crippen LogP contribution in [0.1, 0.15) is 81.8 Å². The van der Waals surface area contributed by atoms with E-state index in [1.807, 2.05) is 12.1 Å². The van der Waals surface area contributed by atoms with Crippen molar-refractivity contribution in [1.29, 1.82) is 0 Å². The van der Waals surface area contributed by atoms with Crippen LogP contribution in [0.4, 0.5) is 8.78 Å². The zero-order valence-corrected chi connectivity index (χ0v) is 19.9. The Morgan fingerprint density at radius 2 is 1.42 bits per heavy atom. The first kappa shape index (κ1) is 24.3. The van der Waals surface area contributed by atoms with E-state index in [1.165, 1.54) is 43.2 Å². The molecule has 33 heavy (non-hydrogen) atoms. The van der Waals surface area contributed by atoms with Crippen LogP contribution in [-0.2, 0) is 15.9 Å². The Kier molecular flexibility index (Phi) is 8.54. The predicted octanol–water partition coefficient (Wildman–Crippen LogP) is 8.15. The summed E-state index contributed by atoms with van der Waals surface area (Å²) >= 11 is 0. The fourth-order valence-electron chi connectivity index (χ4n) is 5.18. The van der Waals surface area contributed by atoms with Gasteiger partial charge < -0.3 is 9.47 Å². The van der Waals surface area contributed by atoms with Gasteiger partial charge in [0, 0.05) is 12.8 Å². The third kappa shape index (κ3) is 7.10. The van der Waals surface area contributed by atoms with E-state index in [2.05, 4.69) is 36.4 Å². The van der Waals surface area contributed by atoms with E-state index < -0.39 is 5.92 Å². The summed E-state index contributed by atoms with van der Waals surface area (Å²) in [6.07, 6.45) is 8.62. The monoisotopic (exact) mass is 456 g/mol. The van der Waals surface area contributed by atoms with Crippen molar-refractivity contribution in [3.8, 4) is 11.1 Å². The minimum absolute atomic E-state index is 0.0235. The number of benzene rings is 2. The molecule has 2 aromatic carbocycles. The summed E-state index contributed by atoms with van der Waals surface area (Å²) in [5.41, 5.74) is 4.74. The van der Waals surface area contributed by atoms with E-state index in [9.17, 15) is 8.78 Å². The van der Waals surface area contributed by atoms with Gasteiger partial charge in [-0.05, 0) is 85.5 Å². The molecular weight excluding hydrogens is 418 g/mol. The van der Waals surface area contributed by atoms with E-state index in [0.29, 0.717) is 12.3 Å². The van der Waals surface area contributed by atoms with Gasteiger partial charge in [0.05, 0.1) is 13.2 Å². The van der Waals surface area contributed by atoms with Gasteiger partial charge in [0.25, 0.3) is 0 Å². The van der Waals surface area contributed by atoms with Crippen LogP contribution in [0.5, 0.6) is 0 Å². The van der Waals surface area contributed by atoms with Crippen molar-refractivity contribution in [2.45, 2.75) is 89.3 Å². The Hall–Kier alpha value is -1.78. The molecule has 180 valence electrons. The molecule has 1 saturated carbocycles. The second kappa shape index (κ2) is 11.6. The predicted molar refractivity (Wildman–Crippen MR) is 130 cm³/mol. The molecule has 1 saturated heterocycles. The highest BCUT2D eigenvalue weighted by Gasteiger charge is 2.26. The van der Waals surface area contributed by atoms with Gasteiger partial charge >= 0.3 is 0 Å². The zero-order valence-electron chi connectivity index (χ0n) is 19.9. The minimum Gasteiger partial charge on any atom is -0.353 e. The summed E-state index contributed by atoms with van der Waals surface area (Å²) in [7, 11) is 0. The lowest BCUT2D eigenvalue weighted by Crippen LogP contribution is -2.25. The number of alkyl halides is 2. The van der Waals surface area contributed by atoms with Crippen LogP contribution in [-0.4, -0.2) is 25.4 Å². The average Bonchev–Trinajstić information content (AvgIpc) is 2.88. The molecule has 2 aliphatic rings. The Morgan fingerprint density at radius 1 is 0.818 bits per heavy atom. The Balaban J connectivity index is 1.24. The number of aryl methyl sites for hydroxylation is 1. The molecule has 2 aromatic rings. The van der Waals surface area contributed by atoms with Gasteiger partial charge in [-0.3, -0.25) is 0 Å². The van der Waals surface area contributed by atoms with Crippen molar-refractivity contribution < 1.29 is 18.3 Å². The van der Waals surface area contributed by atoms with Crippen LogP contribution in [0.25, 0.3) is 11.1 Å². The minimum atomic E-state index is -2.56. The number of hydrogen-bond acceptors (Lipinski definition) is 2. The summed E-state index contributed by atoms with van der Waals surface area (Å²) < 4.78 is 38.4. The zero-order chi connectivity index (χ0) is 23.1. The lowest BCUT2D eigenvalue weighted by atomic mass is 9.77. The van der Waals surface area contributed by atoms with Crippen molar-refractivity contribution in [2.24, 2.45) is 5.92 Å². The molecular formula is C29H38F2O2. The van der Waals surface area contributed by atoms with E-state index in [-0.39, 0.29) is 19.1 Å². The van der Waals surface area contributed by atoms with Crippen LogP contribution >= 0.6 is 0 Å². The molecule has 1 aliphatic heterocycles. The van der Waals surface area contributed by atoms with Crippen LogP contribution in [0.15, 0.2) is 48.5 Å². The highest BCUT2D eigenvalue weighted by Crippen LogP contribution is 2.38. The molecule has 0 N–H and O–H groups in total. The molecule has 1 aliphatic carbocycles. The number of hydrogen-bond donors (Lipinski definition) is 0. The van der Waals surface area contributed by atoms with Crippen LogP contribution in [0.2, 0.25) is 0 Å². The van der Waals surface area contributed by atoms with Gasteiger partial charge in [-0.2, -0.15) is 0 Å². The summed E-state index contributed by atoms with van der Waals surface area (Å²) in [4.78, 5) is 0. The molecule has 0 radical (unpaired) electrons. The van der Waals surface area contributed by atoms with E-state index in [1.54, 1.807) is 6.92 Å². The van der Waals surface area contributed by atoms with Crippen LogP contribution < -0.4 is 0 Å². The quantitative estimate of drug-likeness (QED) is 0.379. The molecule has 0 bridgehead atoms. The maximum atomic E-state index is 13.5. The van der Waals surface area contributed by atoms with E-state index >= 15 is 0 Å². The first-order valence-electron chi connectivity index (χ1n) is 12.8. The largest absolute Gasteiger partial charge is 0.353 e. The maximum Gasteiger partial charge on any atom is 0.248 e. The van der Waals surface area contributed by atoms with Crippen LogP contribution in [0.3, 0.4) is 0 Å². The van der Waals surface area contributed by atoms with Gasteiger partial charge in [-0.1, -0.05) is 55.5 Å². The number of rotatable bonds is 9. The molecule has 1 heterocycles. The van der Waals surface area contributed by atoms with Gasteiger partial charge in [0.1, 0.15) is 0 Å². The topological polar surface area (TPSA) is 18.5 Å². The fraction of sp³-hybridized carbons (Fsp3) is 0.586. The lowest BCUT2D eigenvalue weighted by molar-refractivity contribution is -0.182. The first-order valence-corrected chi connectivity index (χ1v) is 12.8. The van der Waals surface area contributed by atoms with Crippen LogP contribution in [0, 0.1) is 5.92 Å². The molecule has 0 atom stereocenters. The third-order valence-corrected chi connectivity index (χ3v) is 7.52. The normalized spacial score (nSPS) is 22.4. The molecule has 4 rings (SSSR count). The second-order valence-corrected chi connectivity index (χ2v) is 9.85. The fourth-order valence-corrected chi connectivity index (χ4v) is 5.18. The third-order valence-electron chi connectivity index (χ3n) is 7.52. The molecule has 0 spiro atoms. The first-order chi connectivity index (χ1) is 16.0. The van der Waals surface area contributed by atoms with Crippen molar-refractivity contribution in [3.05, 3.63) is 59.7 Å². The maximum absolute atomic E-state index is 13.5. The van der Waals surface area contributed by atoms with Gasteiger partial charge in [0.2, 0.25) is 5.92 Å². The van der Waals surface area contributed by atoms with Crippen molar-refractivity contribution >= 4 is 0 Å². The van der Waals surface area contributed by atoms with Gasteiger partial charge in [-0.25, -0.2) is 8.78 Å². The summed E-state index contributed by atoms with van der Waals surface area (Å²) in [6.45, 7) is 3.23. The summed E-state index contributed by atoms with van der Waals surface area (Å²) in [6, 6.07) is 17.1. The van der Waals surface area contributed by atoms with Gasteiger partial charge in [0.15, 0.2) is 6.29 Å². The molecule has 0 aromatic heterocycles. The molecule has 2 fully saturated rings. The smallest absolute Gasteiger partial charge is 0.248 e. The summed E-state index contributed by atoms with van der Waals surface area (Å²) in [5, 5.41) is 0. The van der Waals surface area contributed by atoms with Crippen molar-refractivity contribution in [1.82, 2.24) is 0 Å². The number of halogens is 2. The standard InChI is InChI=1S/C29H38F2O2/c1-2-29(30,31)19-18-23-6-11-25(12-7-23)27-15-13-26(14-16-27)24-9-4-22(5-10-24)8-17-28-32-20-3-21-33-28/h6-7,11-16,22,24,28H,2-5,8-10,17-21H2,1H3. The van der Waals surface area contributed by atoms with Crippen molar-refractivity contribution in [3.63, 3.8) is 0 Å². The average molecular weight is 457 g/mol. The van der Waals surface area contributed by atoms with Gasteiger partial charge in [-0.15, -0.1) is 0 Å². The number of ether oxygens (including phenoxy) is 2.